The lowest BCUT2D eigenvalue weighted by atomic mass is 10.0. The van der Waals surface area contributed by atoms with Crippen LogP contribution >= 0.6 is 23.2 Å². The summed E-state index contributed by atoms with van der Waals surface area (Å²) in [6.07, 6.45) is -1.29. The molecule has 16 heavy (non-hydrogen) atoms. The number of benzene rings is 1. The number of rotatable bonds is 5. The van der Waals surface area contributed by atoms with Gasteiger partial charge in [-0.2, -0.15) is 0 Å². The molecule has 3 nitrogen and oxygen atoms in total. The largest absolute Gasteiger partial charge is 0.390 e. The molecular weight excluding hydrogens is 249 g/mol. The Morgan fingerprint density at radius 3 is 2.50 bits per heavy atom. The van der Waals surface area contributed by atoms with Gasteiger partial charge in [-0.3, -0.25) is 0 Å². The highest BCUT2D eigenvalue weighted by atomic mass is 35.5. The molecule has 3 N–H and O–H groups in total. The van der Waals surface area contributed by atoms with Gasteiger partial charge in [0.15, 0.2) is 0 Å². The summed E-state index contributed by atoms with van der Waals surface area (Å²) in [6.45, 7) is 0.638. The zero-order valence-corrected chi connectivity index (χ0v) is 10.5. The molecule has 0 saturated heterocycles. The van der Waals surface area contributed by atoms with Crippen LogP contribution in [0.2, 0.25) is 10.0 Å². The highest BCUT2D eigenvalue weighted by Crippen LogP contribution is 2.27. The fraction of sp³-hybridized carbons (Fsp3) is 0.455. The molecule has 1 aromatic carbocycles. The average molecular weight is 264 g/mol. The molecule has 90 valence electrons. The lowest BCUT2D eigenvalue weighted by molar-refractivity contribution is 0.0140. The fourth-order valence-corrected chi connectivity index (χ4v) is 1.68. The molecule has 0 radical (unpaired) electrons. The van der Waals surface area contributed by atoms with Gasteiger partial charge in [-0.1, -0.05) is 29.3 Å². The van der Waals surface area contributed by atoms with Crippen molar-refractivity contribution in [2.75, 3.05) is 13.6 Å². The standard InChI is InChI=1S/C11H15Cl2NO2/c1-14-5-4-10(15)11(16)7-2-3-8(12)9(13)6-7/h2-3,6,10-11,14-16H,4-5H2,1H3. The van der Waals surface area contributed by atoms with E-state index in [1.54, 1.807) is 25.2 Å². The SMILES string of the molecule is CNCCC(O)C(O)c1ccc(Cl)c(Cl)c1. The summed E-state index contributed by atoms with van der Waals surface area (Å²) in [5.41, 5.74) is 0.568. The molecule has 1 rings (SSSR count). The number of halogens is 2. The molecule has 0 spiro atoms. The van der Waals surface area contributed by atoms with Gasteiger partial charge in [-0.25, -0.2) is 0 Å². The van der Waals surface area contributed by atoms with Crippen molar-refractivity contribution < 1.29 is 10.2 Å². The Labute approximate surface area is 105 Å². The van der Waals surface area contributed by atoms with Crippen LogP contribution in [0.3, 0.4) is 0 Å². The molecular formula is C11H15Cl2NO2. The number of nitrogens with one attached hydrogen (secondary N) is 1. The Balaban J connectivity index is 2.71. The minimum atomic E-state index is -0.942. The van der Waals surface area contributed by atoms with Crippen LogP contribution in [0, 0.1) is 0 Å². The zero-order chi connectivity index (χ0) is 12.1. The van der Waals surface area contributed by atoms with E-state index in [9.17, 15) is 10.2 Å². The Morgan fingerprint density at radius 1 is 1.25 bits per heavy atom. The van der Waals surface area contributed by atoms with Crippen molar-refractivity contribution in [1.29, 1.82) is 0 Å². The smallest absolute Gasteiger partial charge is 0.105 e. The average Bonchev–Trinajstić information content (AvgIpc) is 2.28. The van der Waals surface area contributed by atoms with Crippen LogP contribution in [0.4, 0.5) is 0 Å². The third kappa shape index (κ3) is 3.61. The van der Waals surface area contributed by atoms with Crippen LogP contribution < -0.4 is 5.32 Å². The second kappa shape index (κ2) is 6.42. The van der Waals surface area contributed by atoms with Crippen LogP contribution in [0.5, 0.6) is 0 Å². The molecule has 0 amide bonds. The number of aliphatic hydroxyl groups is 2. The molecule has 2 atom stereocenters. The Morgan fingerprint density at radius 2 is 1.94 bits per heavy atom. The van der Waals surface area contributed by atoms with E-state index in [2.05, 4.69) is 5.32 Å². The summed E-state index contributed by atoms with van der Waals surface area (Å²) in [5.74, 6) is 0. The predicted molar refractivity (Wildman–Crippen MR) is 66.0 cm³/mol. The van der Waals surface area contributed by atoms with Gasteiger partial charge in [0.2, 0.25) is 0 Å². The molecule has 1 aromatic rings. The highest BCUT2D eigenvalue weighted by Gasteiger charge is 2.18. The van der Waals surface area contributed by atoms with Crippen molar-refractivity contribution in [3.63, 3.8) is 0 Å². The van der Waals surface area contributed by atoms with E-state index < -0.39 is 12.2 Å². The van der Waals surface area contributed by atoms with Crippen LogP contribution in [-0.2, 0) is 0 Å². The molecule has 0 saturated carbocycles. The zero-order valence-electron chi connectivity index (χ0n) is 8.95. The summed E-state index contributed by atoms with van der Waals surface area (Å²) in [4.78, 5) is 0. The van der Waals surface area contributed by atoms with E-state index in [-0.39, 0.29) is 0 Å². The van der Waals surface area contributed by atoms with Crippen LogP contribution in [0.15, 0.2) is 18.2 Å². The Bertz CT molecular complexity index is 347. The van der Waals surface area contributed by atoms with E-state index in [0.717, 1.165) is 0 Å². The minimum Gasteiger partial charge on any atom is -0.390 e. The van der Waals surface area contributed by atoms with Crippen molar-refractivity contribution in [2.45, 2.75) is 18.6 Å². The van der Waals surface area contributed by atoms with Crippen molar-refractivity contribution >= 4 is 23.2 Å². The number of hydrogen-bond acceptors (Lipinski definition) is 3. The second-order valence-electron chi connectivity index (χ2n) is 3.58. The fourth-order valence-electron chi connectivity index (χ4n) is 1.37. The van der Waals surface area contributed by atoms with Gasteiger partial charge in [0.1, 0.15) is 6.10 Å². The van der Waals surface area contributed by atoms with Crippen molar-refractivity contribution in [3.8, 4) is 0 Å². The molecule has 0 aromatic heterocycles. The molecule has 2 unspecified atom stereocenters. The molecule has 0 aliphatic rings. The summed E-state index contributed by atoms with van der Waals surface area (Å²) in [6, 6.07) is 4.83. The normalized spacial score (nSPS) is 14.8. The third-order valence-electron chi connectivity index (χ3n) is 2.34. The first-order chi connectivity index (χ1) is 7.56. The minimum absolute atomic E-state index is 0.374. The van der Waals surface area contributed by atoms with Gasteiger partial charge in [0.25, 0.3) is 0 Å². The van der Waals surface area contributed by atoms with Crippen molar-refractivity contribution in [2.24, 2.45) is 0 Å². The summed E-state index contributed by atoms with van der Waals surface area (Å²) in [5, 5.41) is 23.3. The van der Waals surface area contributed by atoms with E-state index in [1.807, 2.05) is 0 Å². The summed E-state index contributed by atoms with van der Waals surface area (Å²) in [7, 11) is 1.79. The van der Waals surface area contributed by atoms with Crippen molar-refractivity contribution in [1.82, 2.24) is 5.32 Å². The van der Waals surface area contributed by atoms with Crippen molar-refractivity contribution in [3.05, 3.63) is 33.8 Å². The van der Waals surface area contributed by atoms with Gasteiger partial charge in [-0.15, -0.1) is 0 Å². The lowest BCUT2D eigenvalue weighted by Gasteiger charge is -2.18. The molecule has 0 aliphatic carbocycles. The molecule has 5 heteroatoms. The maximum atomic E-state index is 9.85. The number of aliphatic hydroxyl groups excluding tert-OH is 2. The first-order valence-corrected chi connectivity index (χ1v) is 5.77. The highest BCUT2D eigenvalue weighted by molar-refractivity contribution is 6.42. The number of hydrogen-bond donors (Lipinski definition) is 3. The lowest BCUT2D eigenvalue weighted by Crippen LogP contribution is -2.23. The van der Waals surface area contributed by atoms with Gasteiger partial charge in [-0.05, 0) is 37.7 Å². The quantitative estimate of drug-likeness (QED) is 0.762. The molecule has 0 aliphatic heterocycles. The Hall–Kier alpha value is -0.320. The van der Waals surface area contributed by atoms with E-state index in [0.29, 0.717) is 28.6 Å². The molecule has 0 heterocycles. The maximum Gasteiger partial charge on any atom is 0.105 e. The van der Waals surface area contributed by atoms with Gasteiger partial charge >= 0.3 is 0 Å². The summed E-state index contributed by atoms with van der Waals surface area (Å²) >= 11 is 11.6. The topological polar surface area (TPSA) is 52.5 Å². The second-order valence-corrected chi connectivity index (χ2v) is 4.39. The van der Waals surface area contributed by atoms with E-state index in [4.69, 9.17) is 23.2 Å². The molecule has 0 fully saturated rings. The Kier molecular flexibility index (Phi) is 5.52. The van der Waals surface area contributed by atoms with Gasteiger partial charge < -0.3 is 15.5 Å². The summed E-state index contributed by atoms with van der Waals surface area (Å²) < 4.78 is 0. The first-order valence-electron chi connectivity index (χ1n) is 5.02. The molecule has 0 bridgehead atoms. The third-order valence-corrected chi connectivity index (χ3v) is 3.08. The van der Waals surface area contributed by atoms with E-state index in [1.165, 1.54) is 0 Å². The van der Waals surface area contributed by atoms with Gasteiger partial charge in [0, 0.05) is 0 Å². The first kappa shape index (κ1) is 13.7. The van der Waals surface area contributed by atoms with Crippen LogP contribution in [0.1, 0.15) is 18.1 Å². The monoisotopic (exact) mass is 263 g/mol. The van der Waals surface area contributed by atoms with Crippen LogP contribution in [0.25, 0.3) is 0 Å². The van der Waals surface area contributed by atoms with E-state index >= 15 is 0 Å². The predicted octanol–water partition coefficient (Wildman–Crippen LogP) is 2.00. The van der Waals surface area contributed by atoms with Crippen LogP contribution in [-0.4, -0.2) is 29.9 Å². The maximum absolute atomic E-state index is 9.85. The van der Waals surface area contributed by atoms with Gasteiger partial charge in [0.05, 0.1) is 16.1 Å².